The number of aromatic nitrogens is 1. The number of nitrogens with zero attached hydrogens (tertiary/aromatic N) is 1. The Morgan fingerprint density at radius 1 is 1.38 bits per heavy atom. The zero-order valence-corrected chi connectivity index (χ0v) is 11.4. The quantitative estimate of drug-likeness (QED) is 0.942. The topological polar surface area (TPSA) is 38.9 Å². The highest BCUT2D eigenvalue weighted by atomic mass is 79.9. The van der Waals surface area contributed by atoms with Crippen LogP contribution in [0.5, 0.6) is 0 Å². The molecule has 0 aliphatic carbocycles. The van der Waals surface area contributed by atoms with Gasteiger partial charge in [-0.3, -0.25) is 0 Å². The molecule has 1 unspecified atom stereocenters. The first-order valence-corrected chi connectivity index (χ1v) is 6.74. The lowest BCUT2D eigenvalue weighted by Gasteiger charge is -2.10. The van der Waals surface area contributed by atoms with Crippen LogP contribution in [0.1, 0.15) is 22.2 Å². The number of hydrogen-bond donors (Lipinski definition) is 1. The van der Waals surface area contributed by atoms with Gasteiger partial charge < -0.3 is 5.73 Å². The molecule has 2 N–H and O–H groups in total. The van der Waals surface area contributed by atoms with E-state index in [2.05, 4.69) is 33.0 Å². The molecule has 84 valence electrons. The number of halogens is 1. The van der Waals surface area contributed by atoms with Crippen molar-refractivity contribution < 1.29 is 0 Å². The van der Waals surface area contributed by atoms with E-state index in [1.54, 1.807) is 11.3 Å². The Morgan fingerprint density at radius 3 is 2.62 bits per heavy atom. The summed E-state index contributed by atoms with van der Waals surface area (Å²) in [7, 11) is 0. The summed E-state index contributed by atoms with van der Waals surface area (Å²) in [4.78, 5) is 5.41. The van der Waals surface area contributed by atoms with Crippen molar-refractivity contribution in [3.63, 3.8) is 0 Å². The summed E-state index contributed by atoms with van der Waals surface area (Å²) in [5.41, 5.74) is 10.3. The molecule has 0 aliphatic rings. The molecule has 0 fully saturated rings. The Labute approximate surface area is 108 Å². The van der Waals surface area contributed by atoms with Crippen molar-refractivity contribution in [2.75, 3.05) is 0 Å². The standard InChI is InChI=1S/C12H13BrN2S/c1-8-12(16-7-15-8)11(14)6-9-2-4-10(13)5-3-9/h2-5,7,11H,6,14H2,1H3. The van der Waals surface area contributed by atoms with Crippen molar-refractivity contribution in [3.8, 4) is 0 Å². The van der Waals surface area contributed by atoms with Crippen LogP contribution in [0.3, 0.4) is 0 Å². The van der Waals surface area contributed by atoms with E-state index < -0.39 is 0 Å². The van der Waals surface area contributed by atoms with Crippen LogP contribution in [-0.2, 0) is 6.42 Å². The van der Waals surface area contributed by atoms with Gasteiger partial charge >= 0.3 is 0 Å². The molecule has 0 saturated heterocycles. The van der Waals surface area contributed by atoms with Crippen LogP contribution < -0.4 is 5.73 Å². The first-order valence-electron chi connectivity index (χ1n) is 5.07. The normalized spacial score (nSPS) is 12.7. The third kappa shape index (κ3) is 2.70. The minimum absolute atomic E-state index is 0.0497. The largest absolute Gasteiger partial charge is 0.323 e. The summed E-state index contributed by atoms with van der Waals surface area (Å²) in [6.45, 7) is 2.01. The Hall–Kier alpha value is -0.710. The Balaban J connectivity index is 2.10. The number of rotatable bonds is 3. The molecule has 1 atom stereocenters. The van der Waals surface area contributed by atoms with Crippen molar-refractivity contribution in [3.05, 3.63) is 50.4 Å². The van der Waals surface area contributed by atoms with Crippen molar-refractivity contribution in [2.45, 2.75) is 19.4 Å². The van der Waals surface area contributed by atoms with Crippen LogP contribution in [-0.4, -0.2) is 4.98 Å². The molecule has 0 radical (unpaired) electrons. The first kappa shape index (κ1) is 11.8. The second-order valence-corrected chi connectivity index (χ2v) is 5.54. The van der Waals surface area contributed by atoms with E-state index in [0.29, 0.717) is 0 Å². The first-order chi connectivity index (χ1) is 7.66. The molecule has 0 saturated carbocycles. The van der Waals surface area contributed by atoms with Gasteiger partial charge in [0, 0.05) is 15.4 Å². The number of benzene rings is 1. The third-order valence-electron chi connectivity index (χ3n) is 2.49. The smallest absolute Gasteiger partial charge is 0.0798 e. The van der Waals surface area contributed by atoms with Crippen LogP contribution in [0.4, 0.5) is 0 Å². The average molecular weight is 297 g/mol. The van der Waals surface area contributed by atoms with Gasteiger partial charge in [0.2, 0.25) is 0 Å². The fourth-order valence-electron chi connectivity index (χ4n) is 1.63. The maximum Gasteiger partial charge on any atom is 0.0798 e. The zero-order valence-electron chi connectivity index (χ0n) is 8.98. The number of hydrogen-bond acceptors (Lipinski definition) is 3. The van der Waals surface area contributed by atoms with Crippen LogP contribution in [0, 0.1) is 6.92 Å². The molecular weight excluding hydrogens is 284 g/mol. The molecule has 16 heavy (non-hydrogen) atoms. The molecular formula is C12H13BrN2S. The molecule has 1 aromatic heterocycles. The van der Waals surface area contributed by atoms with E-state index in [-0.39, 0.29) is 6.04 Å². The predicted molar refractivity (Wildman–Crippen MR) is 71.6 cm³/mol. The molecule has 2 rings (SSSR count). The third-order valence-corrected chi connectivity index (χ3v) is 4.08. The SMILES string of the molecule is Cc1ncsc1C(N)Cc1ccc(Br)cc1. The van der Waals surface area contributed by atoms with Crippen molar-refractivity contribution in [2.24, 2.45) is 5.73 Å². The zero-order chi connectivity index (χ0) is 11.5. The summed E-state index contributed by atoms with van der Waals surface area (Å²) in [6, 6.07) is 8.33. The highest BCUT2D eigenvalue weighted by molar-refractivity contribution is 9.10. The van der Waals surface area contributed by atoms with Gasteiger partial charge in [0.15, 0.2) is 0 Å². The van der Waals surface area contributed by atoms with Gasteiger partial charge in [-0.2, -0.15) is 0 Å². The fraction of sp³-hybridized carbons (Fsp3) is 0.250. The maximum absolute atomic E-state index is 6.17. The fourth-order valence-corrected chi connectivity index (χ4v) is 2.70. The van der Waals surface area contributed by atoms with Gasteiger partial charge in [0.05, 0.1) is 11.2 Å². The summed E-state index contributed by atoms with van der Waals surface area (Å²) in [5, 5.41) is 0. The van der Waals surface area contributed by atoms with E-state index >= 15 is 0 Å². The molecule has 1 aromatic carbocycles. The van der Waals surface area contributed by atoms with Gasteiger partial charge in [-0.05, 0) is 31.0 Å². The minimum atomic E-state index is 0.0497. The highest BCUT2D eigenvalue weighted by Crippen LogP contribution is 2.23. The second-order valence-electron chi connectivity index (χ2n) is 3.74. The number of thiazole rings is 1. The number of nitrogens with two attached hydrogens (primary N) is 1. The van der Waals surface area contributed by atoms with Crippen molar-refractivity contribution >= 4 is 27.3 Å². The van der Waals surface area contributed by atoms with Crippen LogP contribution >= 0.6 is 27.3 Å². The maximum atomic E-state index is 6.17. The molecule has 0 bridgehead atoms. The molecule has 2 nitrogen and oxygen atoms in total. The van der Waals surface area contributed by atoms with Gasteiger partial charge in [0.1, 0.15) is 0 Å². The lowest BCUT2D eigenvalue weighted by atomic mass is 10.0. The van der Waals surface area contributed by atoms with Gasteiger partial charge in [-0.25, -0.2) is 4.98 Å². The Bertz CT molecular complexity index is 464. The van der Waals surface area contributed by atoms with Crippen LogP contribution in [0.15, 0.2) is 34.2 Å². The van der Waals surface area contributed by atoms with E-state index in [4.69, 9.17) is 5.73 Å². The minimum Gasteiger partial charge on any atom is -0.323 e. The van der Waals surface area contributed by atoms with E-state index in [9.17, 15) is 0 Å². The van der Waals surface area contributed by atoms with E-state index in [0.717, 1.165) is 16.6 Å². The monoisotopic (exact) mass is 296 g/mol. The van der Waals surface area contributed by atoms with E-state index in [1.807, 2.05) is 24.6 Å². The molecule has 0 spiro atoms. The van der Waals surface area contributed by atoms with Crippen molar-refractivity contribution in [1.29, 1.82) is 0 Å². The summed E-state index contributed by atoms with van der Waals surface area (Å²) >= 11 is 5.06. The molecule has 2 aromatic rings. The van der Waals surface area contributed by atoms with Crippen molar-refractivity contribution in [1.82, 2.24) is 4.98 Å². The Morgan fingerprint density at radius 2 is 2.06 bits per heavy atom. The highest BCUT2D eigenvalue weighted by Gasteiger charge is 2.11. The lowest BCUT2D eigenvalue weighted by Crippen LogP contribution is -2.12. The number of aryl methyl sites for hydroxylation is 1. The Kier molecular flexibility index (Phi) is 3.74. The van der Waals surface area contributed by atoms with Gasteiger partial charge in [0.25, 0.3) is 0 Å². The molecule has 1 heterocycles. The summed E-state index contributed by atoms with van der Waals surface area (Å²) in [5.74, 6) is 0. The van der Waals surface area contributed by atoms with E-state index in [1.165, 1.54) is 10.4 Å². The van der Waals surface area contributed by atoms with Crippen LogP contribution in [0.25, 0.3) is 0 Å². The molecule has 4 heteroatoms. The van der Waals surface area contributed by atoms with Crippen LogP contribution in [0.2, 0.25) is 0 Å². The summed E-state index contributed by atoms with van der Waals surface area (Å²) in [6.07, 6.45) is 0.857. The second kappa shape index (κ2) is 5.08. The lowest BCUT2D eigenvalue weighted by molar-refractivity contribution is 0.728. The van der Waals surface area contributed by atoms with Gasteiger partial charge in [-0.1, -0.05) is 28.1 Å². The average Bonchev–Trinajstić information content (AvgIpc) is 2.68. The molecule has 0 amide bonds. The van der Waals surface area contributed by atoms with Gasteiger partial charge in [-0.15, -0.1) is 11.3 Å². The summed E-state index contributed by atoms with van der Waals surface area (Å²) < 4.78 is 1.10. The molecule has 0 aliphatic heterocycles. The predicted octanol–water partition coefficient (Wildman–Crippen LogP) is 3.46.